The Kier molecular flexibility index (Phi) is 5.78. The molecule has 2 unspecified atom stereocenters. The van der Waals surface area contributed by atoms with Gasteiger partial charge in [0, 0.05) is 12.6 Å². The van der Waals surface area contributed by atoms with Gasteiger partial charge in [-0.15, -0.1) is 0 Å². The lowest BCUT2D eigenvalue weighted by Gasteiger charge is -2.24. The number of hydrogen-bond acceptors (Lipinski definition) is 7. The van der Waals surface area contributed by atoms with Crippen molar-refractivity contribution >= 4 is 11.6 Å². The Bertz CT molecular complexity index is 740. The highest BCUT2D eigenvalue weighted by molar-refractivity contribution is 5.51. The van der Waals surface area contributed by atoms with E-state index in [4.69, 9.17) is 9.47 Å². The van der Waals surface area contributed by atoms with E-state index in [0.29, 0.717) is 11.5 Å². The molecule has 1 fully saturated rings. The lowest BCUT2D eigenvalue weighted by atomic mass is 10.1. The molecule has 7 heteroatoms. The van der Waals surface area contributed by atoms with Gasteiger partial charge in [-0.2, -0.15) is 0 Å². The van der Waals surface area contributed by atoms with Gasteiger partial charge in [0.05, 0.1) is 32.9 Å². The molecule has 0 aliphatic carbocycles. The summed E-state index contributed by atoms with van der Waals surface area (Å²) in [6, 6.07) is 7.97. The molecule has 0 amide bonds. The molecule has 3 rings (SSSR count). The highest BCUT2D eigenvalue weighted by Gasteiger charge is 2.25. The van der Waals surface area contributed by atoms with Crippen molar-refractivity contribution in [1.29, 1.82) is 0 Å². The van der Waals surface area contributed by atoms with Gasteiger partial charge < -0.3 is 24.8 Å². The molecule has 2 atom stereocenters. The SMILES string of the molecule is COc1ccc(C(C)Nc2cc(N3CCCC3CO)ncn2)cc1OC. The molecule has 0 saturated carbocycles. The lowest BCUT2D eigenvalue weighted by molar-refractivity contribution is 0.266. The number of rotatable bonds is 7. The van der Waals surface area contributed by atoms with Gasteiger partial charge in [0.1, 0.15) is 18.0 Å². The highest BCUT2D eigenvalue weighted by atomic mass is 16.5. The van der Waals surface area contributed by atoms with E-state index in [9.17, 15) is 5.11 Å². The van der Waals surface area contributed by atoms with Gasteiger partial charge in [-0.05, 0) is 37.5 Å². The molecule has 1 aliphatic rings. The first-order valence-corrected chi connectivity index (χ1v) is 8.84. The number of aliphatic hydroxyl groups is 1. The van der Waals surface area contributed by atoms with Crippen LogP contribution in [-0.2, 0) is 0 Å². The second-order valence-corrected chi connectivity index (χ2v) is 6.41. The average molecular weight is 358 g/mol. The summed E-state index contributed by atoms with van der Waals surface area (Å²) in [4.78, 5) is 10.9. The number of hydrogen-bond donors (Lipinski definition) is 2. The van der Waals surface area contributed by atoms with Crippen molar-refractivity contribution in [2.24, 2.45) is 0 Å². The third kappa shape index (κ3) is 3.83. The van der Waals surface area contributed by atoms with E-state index in [0.717, 1.165) is 36.6 Å². The maximum absolute atomic E-state index is 9.53. The number of aliphatic hydroxyl groups excluding tert-OH is 1. The Labute approximate surface area is 154 Å². The van der Waals surface area contributed by atoms with E-state index < -0.39 is 0 Å². The third-order valence-electron chi connectivity index (χ3n) is 4.81. The van der Waals surface area contributed by atoms with E-state index >= 15 is 0 Å². The number of benzene rings is 1. The quantitative estimate of drug-likeness (QED) is 0.787. The van der Waals surface area contributed by atoms with Crippen molar-refractivity contribution in [2.45, 2.75) is 31.8 Å². The largest absolute Gasteiger partial charge is 0.493 e. The molecule has 2 heterocycles. The number of ether oxygens (including phenoxy) is 2. The van der Waals surface area contributed by atoms with Crippen molar-refractivity contribution < 1.29 is 14.6 Å². The molecule has 1 aromatic heterocycles. The predicted octanol–water partition coefficient (Wildman–Crippen LogP) is 2.63. The van der Waals surface area contributed by atoms with Crippen LogP contribution in [0.25, 0.3) is 0 Å². The fourth-order valence-corrected chi connectivity index (χ4v) is 3.34. The van der Waals surface area contributed by atoms with Gasteiger partial charge in [-0.3, -0.25) is 0 Å². The summed E-state index contributed by atoms with van der Waals surface area (Å²) in [5.74, 6) is 3.00. The first-order chi connectivity index (χ1) is 12.7. The number of nitrogens with one attached hydrogen (secondary N) is 1. The van der Waals surface area contributed by atoms with Crippen molar-refractivity contribution in [3.63, 3.8) is 0 Å². The summed E-state index contributed by atoms with van der Waals surface area (Å²) in [5.41, 5.74) is 1.07. The lowest BCUT2D eigenvalue weighted by Crippen LogP contribution is -2.32. The number of methoxy groups -OCH3 is 2. The molecule has 26 heavy (non-hydrogen) atoms. The Hall–Kier alpha value is -2.54. The summed E-state index contributed by atoms with van der Waals surface area (Å²) < 4.78 is 10.7. The molecule has 2 aromatic rings. The summed E-state index contributed by atoms with van der Waals surface area (Å²) in [6.07, 6.45) is 3.62. The standard InChI is InChI=1S/C19H26N4O3/c1-13(14-6-7-16(25-2)17(9-14)26-3)22-18-10-19(21-12-20-18)23-8-4-5-15(23)11-24/h6-7,9-10,12-13,15,24H,4-5,8,11H2,1-3H3,(H,20,21,22). The van der Waals surface area contributed by atoms with Gasteiger partial charge in [0.25, 0.3) is 0 Å². The molecule has 0 bridgehead atoms. The van der Waals surface area contributed by atoms with Crippen LogP contribution in [0, 0.1) is 0 Å². The van der Waals surface area contributed by atoms with Crippen molar-refractivity contribution in [1.82, 2.24) is 9.97 Å². The molecule has 0 spiro atoms. The van der Waals surface area contributed by atoms with Crippen LogP contribution in [0.3, 0.4) is 0 Å². The molecule has 2 N–H and O–H groups in total. The molecular formula is C19H26N4O3. The van der Waals surface area contributed by atoms with Crippen LogP contribution in [0.5, 0.6) is 11.5 Å². The van der Waals surface area contributed by atoms with Crippen LogP contribution < -0.4 is 19.7 Å². The van der Waals surface area contributed by atoms with Crippen LogP contribution in [-0.4, -0.2) is 48.5 Å². The Morgan fingerprint density at radius 3 is 2.77 bits per heavy atom. The fraction of sp³-hybridized carbons (Fsp3) is 0.474. The minimum Gasteiger partial charge on any atom is -0.493 e. The second kappa shape index (κ2) is 8.23. The number of anilines is 2. The van der Waals surface area contributed by atoms with Gasteiger partial charge in [-0.1, -0.05) is 6.07 Å². The van der Waals surface area contributed by atoms with E-state index in [1.54, 1.807) is 20.5 Å². The number of aromatic nitrogens is 2. The van der Waals surface area contributed by atoms with Crippen molar-refractivity contribution in [3.8, 4) is 11.5 Å². The van der Waals surface area contributed by atoms with Crippen LogP contribution in [0.4, 0.5) is 11.6 Å². The highest BCUT2D eigenvalue weighted by Crippen LogP contribution is 2.31. The minimum atomic E-state index is 0.0322. The van der Waals surface area contributed by atoms with E-state index in [2.05, 4.69) is 27.1 Å². The van der Waals surface area contributed by atoms with Gasteiger partial charge in [0.2, 0.25) is 0 Å². The van der Waals surface area contributed by atoms with Crippen LogP contribution in [0.1, 0.15) is 31.4 Å². The van der Waals surface area contributed by atoms with Crippen molar-refractivity contribution in [2.75, 3.05) is 37.6 Å². The molecule has 1 aromatic carbocycles. The molecular weight excluding hydrogens is 332 g/mol. The molecule has 1 saturated heterocycles. The fourth-order valence-electron chi connectivity index (χ4n) is 3.34. The third-order valence-corrected chi connectivity index (χ3v) is 4.81. The second-order valence-electron chi connectivity index (χ2n) is 6.41. The first kappa shape index (κ1) is 18.3. The van der Waals surface area contributed by atoms with Crippen LogP contribution >= 0.6 is 0 Å². The summed E-state index contributed by atoms with van der Waals surface area (Å²) in [5, 5.41) is 12.9. The Morgan fingerprint density at radius 2 is 2.04 bits per heavy atom. The maximum Gasteiger partial charge on any atom is 0.161 e. The average Bonchev–Trinajstić information content (AvgIpc) is 3.16. The van der Waals surface area contributed by atoms with Gasteiger partial charge >= 0.3 is 0 Å². The minimum absolute atomic E-state index is 0.0322. The topological polar surface area (TPSA) is 79.7 Å². The van der Waals surface area contributed by atoms with Gasteiger partial charge in [0.15, 0.2) is 11.5 Å². The zero-order valence-corrected chi connectivity index (χ0v) is 15.5. The van der Waals surface area contributed by atoms with E-state index in [1.165, 1.54) is 0 Å². The molecule has 1 aliphatic heterocycles. The molecule has 140 valence electrons. The molecule has 7 nitrogen and oxygen atoms in total. The monoisotopic (exact) mass is 358 g/mol. The van der Waals surface area contributed by atoms with E-state index in [1.807, 2.05) is 24.3 Å². The smallest absolute Gasteiger partial charge is 0.161 e. The van der Waals surface area contributed by atoms with E-state index in [-0.39, 0.29) is 18.7 Å². The van der Waals surface area contributed by atoms with Gasteiger partial charge in [-0.25, -0.2) is 9.97 Å². The first-order valence-electron chi connectivity index (χ1n) is 8.84. The summed E-state index contributed by atoms with van der Waals surface area (Å²) >= 11 is 0. The Balaban J connectivity index is 1.75. The Morgan fingerprint density at radius 1 is 1.23 bits per heavy atom. The normalized spacial score (nSPS) is 17.8. The molecule has 0 radical (unpaired) electrons. The maximum atomic E-state index is 9.53. The van der Waals surface area contributed by atoms with Crippen LogP contribution in [0.15, 0.2) is 30.6 Å². The summed E-state index contributed by atoms with van der Waals surface area (Å²) in [6.45, 7) is 3.12. The number of nitrogens with zero attached hydrogens (tertiary/aromatic N) is 3. The van der Waals surface area contributed by atoms with Crippen LogP contribution in [0.2, 0.25) is 0 Å². The zero-order chi connectivity index (χ0) is 18.5. The summed E-state index contributed by atoms with van der Waals surface area (Å²) in [7, 11) is 3.25. The van der Waals surface area contributed by atoms with Crippen molar-refractivity contribution in [3.05, 3.63) is 36.2 Å². The zero-order valence-electron chi connectivity index (χ0n) is 15.5. The predicted molar refractivity (Wildman–Crippen MR) is 101 cm³/mol.